The van der Waals surface area contributed by atoms with Crippen molar-refractivity contribution in [2.24, 2.45) is 0 Å². The van der Waals surface area contributed by atoms with Crippen LogP contribution in [0.4, 0.5) is 0 Å². The molecule has 0 saturated heterocycles. The fourth-order valence-corrected chi connectivity index (χ4v) is 4.13. The Labute approximate surface area is 201 Å². The number of carbonyl (C=O) groups excluding carboxylic acids is 1. The quantitative estimate of drug-likeness (QED) is 0.474. The largest absolute Gasteiger partial charge is 1.00 e. The summed E-state index contributed by atoms with van der Waals surface area (Å²) in [5.74, 6) is -0.214. The smallest absolute Gasteiger partial charge is 0.744 e. The van der Waals surface area contributed by atoms with Gasteiger partial charge in [0.05, 0.1) is 13.9 Å². The molecular formula is C19H11Br2NaO5S. The average Bonchev–Trinajstić information content (AvgIpc) is 2.61. The second-order valence-electron chi connectivity index (χ2n) is 5.64. The Morgan fingerprint density at radius 1 is 1.04 bits per heavy atom. The molecule has 0 amide bonds. The van der Waals surface area contributed by atoms with Gasteiger partial charge in [-0.3, -0.25) is 4.79 Å². The van der Waals surface area contributed by atoms with Gasteiger partial charge in [-0.25, -0.2) is 8.42 Å². The Morgan fingerprint density at radius 3 is 2.32 bits per heavy atom. The number of hydrogen-bond acceptors (Lipinski definition) is 5. The summed E-state index contributed by atoms with van der Waals surface area (Å²) in [6.45, 7) is 0. The third-order valence-electron chi connectivity index (χ3n) is 3.88. The summed E-state index contributed by atoms with van der Waals surface area (Å²) in [6, 6.07) is 10.5. The van der Waals surface area contributed by atoms with Gasteiger partial charge in [-0.1, -0.05) is 30.3 Å². The van der Waals surface area contributed by atoms with Gasteiger partial charge >= 0.3 is 29.6 Å². The minimum Gasteiger partial charge on any atom is -0.744 e. The number of allylic oxidation sites excluding steroid dienone is 5. The van der Waals surface area contributed by atoms with Gasteiger partial charge in [0, 0.05) is 5.56 Å². The Balaban J connectivity index is 0.00000280. The second kappa shape index (κ2) is 9.21. The molecule has 0 heterocycles. The van der Waals surface area contributed by atoms with E-state index in [9.17, 15) is 22.9 Å². The summed E-state index contributed by atoms with van der Waals surface area (Å²) in [5.41, 5.74) is 1.73. The molecular weight excluding hydrogens is 523 g/mol. The van der Waals surface area contributed by atoms with Crippen LogP contribution in [0.3, 0.4) is 0 Å². The van der Waals surface area contributed by atoms with Gasteiger partial charge in [0.15, 0.2) is 5.78 Å². The van der Waals surface area contributed by atoms with Gasteiger partial charge in [0.1, 0.15) is 15.9 Å². The number of ketones is 1. The number of hydrogen-bond donors (Lipinski definition) is 1. The van der Waals surface area contributed by atoms with Crippen LogP contribution in [-0.4, -0.2) is 23.9 Å². The third kappa shape index (κ3) is 4.94. The number of rotatable bonds is 3. The number of phenols is 1. The van der Waals surface area contributed by atoms with Crippen molar-refractivity contribution < 1.29 is 52.4 Å². The first-order chi connectivity index (χ1) is 12.7. The molecule has 0 saturated carbocycles. The number of phenolic OH excluding ortho intramolecular Hbond substituents is 1. The molecule has 1 aliphatic rings. The minimum absolute atomic E-state index is 0. The van der Waals surface area contributed by atoms with Crippen LogP contribution in [0.5, 0.6) is 5.75 Å². The first kappa shape index (κ1) is 23.3. The number of benzene rings is 2. The maximum atomic E-state index is 11.8. The van der Waals surface area contributed by atoms with Crippen molar-refractivity contribution in [1.29, 1.82) is 0 Å². The standard InChI is InChI=1S/C19H12Br2O5S.Na/c20-14-9-11(5-7-16(14)22)19(12-6-8-17(23)15(21)10-12)13-3-1-2-4-18(13)27(24,25)26;/h1-10,22H,(H,24,25,26);/q;+1/p-1. The average molecular weight is 534 g/mol. The predicted molar refractivity (Wildman–Crippen MR) is 107 cm³/mol. The summed E-state index contributed by atoms with van der Waals surface area (Å²) in [7, 11) is -4.74. The van der Waals surface area contributed by atoms with Gasteiger partial charge in [-0.2, -0.15) is 0 Å². The summed E-state index contributed by atoms with van der Waals surface area (Å²) in [5, 5.41) is 9.78. The Kier molecular flexibility index (Phi) is 7.66. The number of aromatic hydroxyl groups is 1. The minimum atomic E-state index is -4.74. The van der Waals surface area contributed by atoms with E-state index in [2.05, 4.69) is 31.9 Å². The monoisotopic (exact) mass is 532 g/mol. The van der Waals surface area contributed by atoms with Crippen molar-refractivity contribution in [2.75, 3.05) is 0 Å². The normalized spacial score (nSPS) is 15.7. The van der Waals surface area contributed by atoms with E-state index < -0.39 is 10.1 Å². The molecule has 0 unspecified atom stereocenters. The molecule has 5 nitrogen and oxygen atoms in total. The zero-order valence-electron chi connectivity index (χ0n) is 14.5. The van der Waals surface area contributed by atoms with Gasteiger partial charge < -0.3 is 9.66 Å². The maximum Gasteiger partial charge on any atom is 1.00 e. The summed E-state index contributed by atoms with van der Waals surface area (Å²) < 4.78 is 36.1. The van der Waals surface area contributed by atoms with E-state index >= 15 is 0 Å². The molecule has 9 heteroatoms. The Morgan fingerprint density at radius 2 is 1.71 bits per heavy atom. The second-order valence-corrected chi connectivity index (χ2v) is 8.69. The van der Waals surface area contributed by atoms with Crippen LogP contribution in [0, 0.1) is 0 Å². The van der Waals surface area contributed by atoms with E-state index in [1.807, 2.05) is 0 Å². The van der Waals surface area contributed by atoms with Crippen LogP contribution in [0.15, 0.2) is 80.1 Å². The van der Waals surface area contributed by atoms with E-state index in [1.165, 1.54) is 30.3 Å². The molecule has 2 aromatic carbocycles. The number of carbonyl (C=O) groups is 1. The zero-order chi connectivity index (χ0) is 19.8. The predicted octanol–water partition coefficient (Wildman–Crippen LogP) is 1.28. The van der Waals surface area contributed by atoms with Gasteiger partial charge in [-0.15, -0.1) is 0 Å². The van der Waals surface area contributed by atoms with E-state index in [-0.39, 0.29) is 51.5 Å². The molecule has 0 aromatic heterocycles. The molecule has 2 aromatic rings. The fourth-order valence-electron chi connectivity index (χ4n) is 2.69. The van der Waals surface area contributed by atoms with Crippen LogP contribution in [0.1, 0.15) is 11.1 Å². The van der Waals surface area contributed by atoms with Gasteiger partial charge in [0.25, 0.3) is 0 Å². The van der Waals surface area contributed by atoms with Crippen molar-refractivity contribution in [1.82, 2.24) is 0 Å². The van der Waals surface area contributed by atoms with Crippen molar-refractivity contribution in [3.63, 3.8) is 0 Å². The Bertz CT molecular complexity index is 1150. The fraction of sp³-hybridized carbons (Fsp3) is 0. The third-order valence-corrected chi connectivity index (χ3v) is 6.03. The molecule has 138 valence electrons. The number of halogens is 2. The van der Waals surface area contributed by atoms with Crippen LogP contribution in [0.2, 0.25) is 0 Å². The summed E-state index contributed by atoms with van der Waals surface area (Å²) in [4.78, 5) is 11.4. The molecule has 0 radical (unpaired) electrons. The van der Waals surface area contributed by atoms with Crippen molar-refractivity contribution in [2.45, 2.75) is 4.90 Å². The molecule has 0 aliphatic heterocycles. The van der Waals surface area contributed by atoms with Crippen LogP contribution < -0.4 is 29.6 Å². The molecule has 0 spiro atoms. The van der Waals surface area contributed by atoms with E-state index in [0.29, 0.717) is 25.7 Å². The van der Waals surface area contributed by atoms with Crippen molar-refractivity contribution in [3.8, 4) is 5.75 Å². The molecule has 3 rings (SSSR count). The zero-order valence-corrected chi connectivity index (χ0v) is 20.5. The first-order valence-electron chi connectivity index (χ1n) is 7.56. The van der Waals surface area contributed by atoms with E-state index in [0.717, 1.165) is 0 Å². The molecule has 0 bridgehead atoms. The van der Waals surface area contributed by atoms with Gasteiger partial charge in [0.2, 0.25) is 0 Å². The summed E-state index contributed by atoms with van der Waals surface area (Å²) >= 11 is 6.43. The maximum absolute atomic E-state index is 11.8. The van der Waals surface area contributed by atoms with Crippen molar-refractivity contribution in [3.05, 3.63) is 86.3 Å². The summed E-state index contributed by atoms with van der Waals surface area (Å²) in [6.07, 6.45) is 4.47. The molecule has 1 N–H and O–H groups in total. The molecule has 0 atom stereocenters. The van der Waals surface area contributed by atoms with E-state index in [1.54, 1.807) is 30.4 Å². The topological polar surface area (TPSA) is 94.5 Å². The molecule has 1 aliphatic carbocycles. The molecule has 0 fully saturated rings. The van der Waals surface area contributed by atoms with E-state index in [4.69, 9.17) is 0 Å². The van der Waals surface area contributed by atoms with Crippen LogP contribution in [-0.2, 0) is 14.9 Å². The van der Waals surface area contributed by atoms with Crippen molar-refractivity contribution >= 4 is 53.3 Å². The Hall–Kier alpha value is -1.000. The molecule has 28 heavy (non-hydrogen) atoms. The van der Waals surface area contributed by atoms with Gasteiger partial charge in [-0.05, 0) is 78.9 Å². The van der Waals surface area contributed by atoms with Crippen LogP contribution >= 0.6 is 31.9 Å². The SMILES string of the molecule is O=C1C=CC(=C(c2ccc(O)c(Br)c2)c2ccccc2S(=O)(=O)[O-])C=C1Br.[Na+]. The van der Waals surface area contributed by atoms with Crippen LogP contribution in [0.25, 0.3) is 5.57 Å². The first-order valence-corrected chi connectivity index (χ1v) is 10.6.